The summed E-state index contributed by atoms with van der Waals surface area (Å²) in [4.78, 5) is 14.8. The van der Waals surface area contributed by atoms with Gasteiger partial charge < -0.3 is 10.6 Å². The second kappa shape index (κ2) is 5.77. The van der Waals surface area contributed by atoms with Crippen molar-refractivity contribution in [2.75, 3.05) is 17.7 Å². The minimum absolute atomic E-state index is 0.576. The highest BCUT2D eigenvalue weighted by atomic mass is 32.1. The molecule has 2 heterocycles. The quantitative estimate of drug-likeness (QED) is 0.894. The van der Waals surface area contributed by atoms with Crippen molar-refractivity contribution in [1.29, 1.82) is 0 Å². The lowest BCUT2D eigenvalue weighted by Crippen LogP contribution is -2.20. The number of nitrogens with two attached hydrogens (primary N) is 1. The standard InChI is InChI=1S/C12H17N5S/c1-3-4-10-11(13)14-7-15-12(10)17(2)5-9-6-18-8-16-9/h6-8H,3-5H2,1-2H3,(H2,13,14,15). The van der Waals surface area contributed by atoms with Crippen molar-refractivity contribution < 1.29 is 0 Å². The number of thiazole rings is 1. The molecule has 96 valence electrons. The number of aromatic nitrogens is 3. The molecule has 0 fully saturated rings. The summed E-state index contributed by atoms with van der Waals surface area (Å²) in [5.41, 5.74) is 9.83. The van der Waals surface area contributed by atoms with Crippen LogP contribution in [0.3, 0.4) is 0 Å². The van der Waals surface area contributed by atoms with Gasteiger partial charge in [0.2, 0.25) is 0 Å². The molecule has 0 amide bonds. The highest BCUT2D eigenvalue weighted by molar-refractivity contribution is 7.07. The summed E-state index contributed by atoms with van der Waals surface area (Å²) in [6, 6.07) is 0. The number of hydrogen-bond acceptors (Lipinski definition) is 6. The molecular weight excluding hydrogens is 246 g/mol. The largest absolute Gasteiger partial charge is 0.383 e. The van der Waals surface area contributed by atoms with E-state index >= 15 is 0 Å². The normalized spacial score (nSPS) is 10.6. The van der Waals surface area contributed by atoms with Crippen LogP contribution in [-0.2, 0) is 13.0 Å². The van der Waals surface area contributed by atoms with Gasteiger partial charge in [-0.05, 0) is 6.42 Å². The molecule has 0 aliphatic heterocycles. The van der Waals surface area contributed by atoms with Crippen LogP contribution in [0.15, 0.2) is 17.2 Å². The Hall–Kier alpha value is -1.69. The Morgan fingerprint density at radius 2 is 2.17 bits per heavy atom. The van der Waals surface area contributed by atoms with E-state index in [0.717, 1.165) is 36.5 Å². The fourth-order valence-electron chi connectivity index (χ4n) is 1.87. The molecule has 0 saturated heterocycles. The lowest BCUT2D eigenvalue weighted by atomic mass is 10.1. The molecule has 0 radical (unpaired) electrons. The second-order valence-corrected chi connectivity index (χ2v) is 4.87. The van der Waals surface area contributed by atoms with E-state index in [4.69, 9.17) is 5.73 Å². The van der Waals surface area contributed by atoms with Crippen molar-refractivity contribution in [3.63, 3.8) is 0 Å². The molecule has 0 aliphatic carbocycles. The third-order valence-corrected chi connectivity index (χ3v) is 3.34. The minimum Gasteiger partial charge on any atom is -0.383 e. The summed E-state index contributed by atoms with van der Waals surface area (Å²) in [6.07, 6.45) is 3.43. The first-order valence-corrected chi connectivity index (χ1v) is 6.84. The summed E-state index contributed by atoms with van der Waals surface area (Å²) >= 11 is 1.60. The number of rotatable bonds is 5. The Balaban J connectivity index is 2.23. The maximum absolute atomic E-state index is 5.93. The first-order valence-electron chi connectivity index (χ1n) is 5.90. The molecule has 0 unspecified atom stereocenters. The molecule has 2 aromatic rings. The van der Waals surface area contributed by atoms with E-state index in [2.05, 4.69) is 26.8 Å². The second-order valence-electron chi connectivity index (χ2n) is 4.15. The van der Waals surface area contributed by atoms with Crippen molar-refractivity contribution in [3.8, 4) is 0 Å². The highest BCUT2D eigenvalue weighted by Gasteiger charge is 2.13. The van der Waals surface area contributed by atoms with E-state index in [1.54, 1.807) is 11.3 Å². The predicted octanol–water partition coefficient (Wildman–Crippen LogP) is 2.10. The highest BCUT2D eigenvalue weighted by Crippen LogP contribution is 2.23. The first kappa shape index (κ1) is 12.8. The molecular formula is C12H17N5S. The zero-order valence-corrected chi connectivity index (χ0v) is 11.4. The van der Waals surface area contributed by atoms with Crippen molar-refractivity contribution in [1.82, 2.24) is 15.0 Å². The van der Waals surface area contributed by atoms with Crippen LogP contribution < -0.4 is 10.6 Å². The van der Waals surface area contributed by atoms with Gasteiger partial charge in [0.15, 0.2) is 0 Å². The fraction of sp³-hybridized carbons (Fsp3) is 0.417. The van der Waals surface area contributed by atoms with Crippen molar-refractivity contribution >= 4 is 23.0 Å². The Labute approximate surface area is 111 Å². The van der Waals surface area contributed by atoms with Gasteiger partial charge in [0.25, 0.3) is 0 Å². The third-order valence-electron chi connectivity index (χ3n) is 2.70. The molecule has 0 atom stereocenters. The van der Waals surface area contributed by atoms with Crippen LogP contribution in [0.25, 0.3) is 0 Å². The predicted molar refractivity (Wildman–Crippen MR) is 74.7 cm³/mol. The van der Waals surface area contributed by atoms with Crippen LogP contribution in [0.5, 0.6) is 0 Å². The number of nitrogen functional groups attached to an aromatic ring is 1. The molecule has 0 saturated carbocycles. The van der Waals surface area contributed by atoms with Gasteiger partial charge >= 0.3 is 0 Å². The third kappa shape index (κ3) is 2.76. The van der Waals surface area contributed by atoms with Crippen LogP contribution in [0.4, 0.5) is 11.6 Å². The molecule has 5 nitrogen and oxygen atoms in total. The van der Waals surface area contributed by atoms with E-state index in [1.165, 1.54) is 6.33 Å². The average molecular weight is 263 g/mol. The van der Waals surface area contributed by atoms with E-state index in [0.29, 0.717) is 5.82 Å². The number of anilines is 2. The van der Waals surface area contributed by atoms with Crippen LogP contribution in [0, 0.1) is 0 Å². The van der Waals surface area contributed by atoms with E-state index < -0.39 is 0 Å². The van der Waals surface area contributed by atoms with Gasteiger partial charge in [-0.15, -0.1) is 11.3 Å². The van der Waals surface area contributed by atoms with Crippen LogP contribution in [-0.4, -0.2) is 22.0 Å². The first-order chi connectivity index (χ1) is 8.72. The molecule has 0 aliphatic rings. The molecule has 0 spiro atoms. The van der Waals surface area contributed by atoms with Crippen molar-refractivity contribution in [3.05, 3.63) is 28.5 Å². The average Bonchev–Trinajstić information content (AvgIpc) is 2.84. The molecule has 18 heavy (non-hydrogen) atoms. The van der Waals surface area contributed by atoms with Crippen LogP contribution in [0.2, 0.25) is 0 Å². The van der Waals surface area contributed by atoms with E-state index in [9.17, 15) is 0 Å². The molecule has 0 aromatic carbocycles. The Kier molecular flexibility index (Phi) is 4.09. The van der Waals surface area contributed by atoms with Gasteiger partial charge in [0.05, 0.1) is 17.7 Å². The topological polar surface area (TPSA) is 67.9 Å². The lowest BCUT2D eigenvalue weighted by molar-refractivity contribution is 0.834. The summed E-state index contributed by atoms with van der Waals surface area (Å²) in [5, 5.41) is 2.04. The molecule has 6 heteroatoms. The van der Waals surface area contributed by atoms with Gasteiger partial charge in [0.1, 0.15) is 18.0 Å². The van der Waals surface area contributed by atoms with Crippen LogP contribution >= 0.6 is 11.3 Å². The molecule has 2 aromatic heterocycles. The van der Waals surface area contributed by atoms with Crippen LogP contribution in [0.1, 0.15) is 24.6 Å². The molecule has 2 rings (SSSR count). The van der Waals surface area contributed by atoms with Gasteiger partial charge in [-0.1, -0.05) is 13.3 Å². The monoisotopic (exact) mass is 263 g/mol. The Morgan fingerprint density at radius 1 is 1.33 bits per heavy atom. The van der Waals surface area contributed by atoms with Crippen molar-refractivity contribution in [2.24, 2.45) is 0 Å². The fourth-order valence-corrected chi connectivity index (χ4v) is 2.42. The van der Waals surface area contributed by atoms with Crippen molar-refractivity contribution in [2.45, 2.75) is 26.3 Å². The van der Waals surface area contributed by atoms with Gasteiger partial charge in [-0.25, -0.2) is 15.0 Å². The summed E-state index contributed by atoms with van der Waals surface area (Å²) in [5.74, 6) is 1.48. The summed E-state index contributed by atoms with van der Waals surface area (Å²) in [6.45, 7) is 2.85. The number of hydrogen-bond donors (Lipinski definition) is 1. The smallest absolute Gasteiger partial charge is 0.137 e. The maximum atomic E-state index is 5.93. The minimum atomic E-state index is 0.576. The van der Waals surface area contributed by atoms with E-state index in [1.807, 2.05) is 17.9 Å². The summed E-state index contributed by atoms with van der Waals surface area (Å²) < 4.78 is 0. The number of nitrogens with zero attached hydrogens (tertiary/aromatic N) is 4. The Morgan fingerprint density at radius 3 is 2.83 bits per heavy atom. The van der Waals surface area contributed by atoms with Gasteiger partial charge in [0, 0.05) is 18.0 Å². The lowest BCUT2D eigenvalue weighted by Gasteiger charge is -2.20. The zero-order valence-electron chi connectivity index (χ0n) is 10.6. The molecule has 2 N–H and O–H groups in total. The van der Waals surface area contributed by atoms with Gasteiger partial charge in [-0.3, -0.25) is 0 Å². The SMILES string of the molecule is CCCc1c(N)ncnc1N(C)Cc1cscn1. The molecule has 0 bridgehead atoms. The Bertz CT molecular complexity index is 497. The summed E-state index contributed by atoms with van der Waals surface area (Å²) in [7, 11) is 2.00. The van der Waals surface area contributed by atoms with E-state index in [-0.39, 0.29) is 0 Å². The zero-order chi connectivity index (χ0) is 13.0. The van der Waals surface area contributed by atoms with Gasteiger partial charge in [-0.2, -0.15) is 0 Å². The maximum Gasteiger partial charge on any atom is 0.137 e.